The number of pyridine rings is 5. The summed E-state index contributed by atoms with van der Waals surface area (Å²) in [4.78, 5) is 52.2. The Morgan fingerprint density at radius 3 is 1.96 bits per heavy atom. The van der Waals surface area contributed by atoms with Crippen molar-refractivity contribution >= 4 is 108 Å². The van der Waals surface area contributed by atoms with Crippen molar-refractivity contribution in [3.63, 3.8) is 0 Å². The van der Waals surface area contributed by atoms with Gasteiger partial charge in [0.25, 0.3) is 0 Å². The number of hydrogen-bond donors (Lipinski definition) is 3. The molecule has 9 rings (SSSR count). The summed E-state index contributed by atoms with van der Waals surface area (Å²) in [5.41, 5.74) is 16.8. The minimum Gasteiger partial charge on any atom is -0.443 e. The van der Waals surface area contributed by atoms with Crippen LogP contribution in [-0.4, -0.2) is 66.1 Å². The molecule has 0 atom stereocenters. The summed E-state index contributed by atoms with van der Waals surface area (Å²) in [6, 6.07) is 13.0. The molecule has 18 heteroatoms. The molecule has 9 heterocycles. The molecule has 0 amide bonds. The number of nitrogen functional groups attached to an aromatic ring is 2. The Morgan fingerprint density at radius 2 is 1.29 bits per heavy atom. The van der Waals surface area contributed by atoms with Gasteiger partial charge in [0.05, 0.1) is 15.7 Å². The Hall–Kier alpha value is -6.11. The molecule has 0 radical (unpaired) electrons. The highest BCUT2D eigenvalue weighted by atomic mass is 127. The van der Waals surface area contributed by atoms with Crippen LogP contribution in [-0.2, 0) is 4.74 Å². The molecular weight excluding hydrogens is 868 g/mol. The molecule has 0 fully saturated rings. The number of aromatic amines is 1. The monoisotopic (exact) mass is 899 g/mol. The first-order chi connectivity index (χ1) is 26.9. The van der Waals surface area contributed by atoms with Crippen LogP contribution in [0.1, 0.15) is 20.8 Å². The third-order valence-electron chi connectivity index (χ3n) is 7.51. The molecule has 0 spiro atoms. The molecule has 0 aliphatic carbocycles. The maximum absolute atomic E-state index is 12.0. The third kappa shape index (κ3) is 9.39. The van der Waals surface area contributed by atoms with Gasteiger partial charge in [0, 0.05) is 93.6 Å². The quantitative estimate of drug-likeness (QED) is 0.132. The lowest BCUT2D eigenvalue weighted by atomic mass is 10.1. The molecule has 56 heavy (non-hydrogen) atoms. The lowest BCUT2D eigenvalue weighted by molar-refractivity contribution is 0.0543. The van der Waals surface area contributed by atoms with E-state index in [1.54, 1.807) is 67.9 Å². The van der Waals surface area contributed by atoms with E-state index >= 15 is 0 Å². The highest BCUT2D eigenvalue weighted by Crippen LogP contribution is 2.31. The Kier molecular flexibility index (Phi) is 12.4. The van der Waals surface area contributed by atoms with Crippen LogP contribution in [0, 0.1) is 3.57 Å². The van der Waals surface area contributed by atoms with Crippen LogP contribution < -0.4 is 11.5 Å². The van der Waals surface area contributed by atoms with Gasteiger partial charge in [-0.05, 0) is 85.8 Å². The minimum absolute atomic E-state index is 0.280. The summed E-state index contributed by atoms with van der Waals surface area (Å²) in [7, 11) is 0. The van der Waals surface area contributed by atoms with E-state index in [0.29, 0.717) is 38.2 Å². The smallest absolute Gasteiger partial charge is 0.420 e. The zero-order valence-corrected chi connectivity index (χ0v) is 33.6. The van der Waals surface area contributed by atoms with E-state index in [1.165, 1.54) is 10.8 Å². The minimum atomic E-state index is -0.506. The molecular formula is C38H32Cl2IN13O2. The maximum Gasteiger partial charge on any atom is 0.420 e. The standard InChI is InChI=1S/C14H9N5.C12H13IN2O2.C7H4ClN3.C5H6ClN3/c1-2-10-11(8-19-13(10)16-4-1)9-3-5-17-14-12(9)15-6-7-18-14;1-12(2,3)17-11(16)15-7-9(13)8-5-4-6-14-10(8)15;8-5-1-2-10-7-6(5)9-3-4-11-7;6-3-1-2-9-5(8)4(3)7/h1-8H,(H,16,19);4-7H,1-3H3;1-4H;1-2H,7H2,(H2,8,9). The van der Waals surface area contributed by atoms with Gasteiger partial charge in [0.2, 0.25) is 0 Å². The van der Waals surface area contributed by atoms with Gasteiger partial charge in [-0.25, -0.2) is 49.2 Å². The Balaban J connectivity index is 0.000000132. The van der Waals surface area contributed by atoms with E-state index in [2.05, 4.69) is 72.4 Å². The number of fused-ring (bicyclic) bond motifs is 4. The van der Waals surface area contributed by atoms with Crippen molar-refractivity contribution < 1.29 is 9.53 Å². The SMILES string of the molecule is CC(C)(C)OC(=O)n1cc(I)c2cccnc21.Clc1ccnc2nccnc12.Nc1nccc(Cl)c1N.c1cnc2[nH]cc(-c3ccnc4nccnc34)c2c1. The maximum atomic E-state index is 12.0. The summed E-state index contributed by atoms with van der Waals surface area (Å²) in [6.07, 6.45) is 18.1. The van der Waals surface area contributed by atoms with Crippen LogP contribution in [0.5, 0.6) is 0 Å². The lowest BCUT2D eigenvalue weighted by Crippen LogP contribution is -2.26. The topological polar surface area (TPSA) is 215 Å². The van der Waals surface area contributed by atoms with Gasteiger partial charge in [0.15, 0.2) is 11.3 Å². The summed E-state index contributed by atoms with van der Waals surface area (Å²) < 4.78 is 7.76. The second kappa shape index (κ2) is 17.6. The van der Waals surface area contributed by atoms with Gasteiger partial charge in [-0.1, -0.05) is 23.2 Å². The number of halogens is 3. The fourth-order valence-electron chi connectivity index (χ4n) is 5.05. The predicted molar refractivity (Wildman–Crippen MR) is 227 cm³/mol. The van der Waals surface area contributed by atoms with Crippen molar-refractivity contribution in [3.8, 4) is 11.1 Å². The van der Waals surface area contributed by atoms with E-state index in [4.69, 9.17) is 39.4 Å². The Morgan fingerprint density at radius 1 is 0.696 bits per heavy atom. The number of carbonyl (C=O) groups is 1. The Bertz CT molecular complexity index is 2760. The number of nitrogens with one attached hydrogen (secondary N) is 1. The molecule has 9 aromatic heterocycles. The second-order valence-corrected chi connectivity index (χ2v) is 14.5. The normalized spacial score (nSPS) is 10.9. The van der Waals surface area contributed by atoms with Gasteiger partial charge in [-0.2, -0.15) is 0 Å². The molecule has 15 nitrogen and oxygen atoms in total. The number of rotatable bonds is 1. The van der Waals surface area contributed by atoms with Crippen LogP contribution >= 0.6 is 45.8 Å². The molecule has 0 saturated carbocycles. The van der Waals surface area contributed by atoms with E-state index in [9.17, 15) is 4.79 Å². The molecule has 0 aliphatic heterocycles. The number of carbonyl (C=O) groups excluding carboxylic acids is 1. The number of nitrogens with zero attached hydrogens (tertiary/aromatic N) is 10. The molecule has 0 saturated heterocycles. The third-order valence-corrected chi connectivity index (χ3v) is 9.00. The summed E-state index contributed by atoms with van der Waals surface area (Å²) in [6.45, 7) is 5.53. The van der Waals surface area contributed by atoms with Crippen molar-refractivity contribution in [3.05, 3.63) is 124 Å². The van der Waals surface area contributed by atoms with E-state index in [0.717, 1.165) is 36.6 Å². The van der Waals surface area contributed by atoms with Crippen LogP contribution in [0.3, 0.4) is 0 Å². The van der Waals surface area contributed by atoms with Gasteiger partial charge >= 0.3 is 6.09 Å². The molecule has 0 aliphatic rings. The van der Waals surface area contributed by atoms with Crippen molar-refractivity contribution in [2.45, 2.75) is 26.4 Å². The van der Waals surface area contributed by atoms with Crippen LogP contribution in [0.25, 0.3) is 55.5 Å². The number of nitrogens with two attached hydrogens (primary N) is 2. The first-order valence-corrected chi connectivity index (χ1v) is 18.4. The average molecular weight is 901 g/mol. The molecule has 0 aromatic carbocycles. The van der Waals surface area contributed by atoms with Crippen LogP contribution in [0.4, 0.5) is 16.3 Å². The average Bonchev–Trinajstić information content (AvgIpc) is 3.78. The molecule has 0 bridgehead atoms. The molecule has 0 unspecified atom stereocenters. The van der Waals surface area contributed by atoms with Gasteiger partial charge in [-0.3, -0.25) is 4.98 Å². The summed E-state index contributed by atoms with van der Waals surface area (Å²) >= 11 is 13.6. The van der Waals surface area contributed by atoms with E-state index in [-0.39, 0.29) is 5.82 Å². The fourth-order valence-corrected chi connectivity index (χ4v) is 6.10. The number of ether oxygens (including phenoxy) is 1. The number of anilines is 2. The highest BCUT2D eigenvalue weighted by Gasteiger charge is 2.20. The van der Waals surface area contributed by atoms with Gasteiger partial charge in [0.1, 0.15) is 33.7 Å². The first-order valence-electron chi connectivity index (χ1n) is 16.6. The number of aromatic nitrogens is 11. The van der Waals surface area contributed by atoms with Crippen LogP contribution in [0.2, 0.25) is 10.0 Å². The largest absolute Gasteiger partial charge is 0.443 e. The Labute approximate surface area is 343 Å². The zero-order chi connectivity index (χ0) is 39.8. The predicted octanol–water partition coefficient (Wildman–Crippen LogP) is 8.57. The van der Waals surface area contributed by atoms with Crippen molar-refractivity contribution in [2.24, 2.45) is 0 Å². The number of hydrogen-bond acceptors (Lipinski definition) is 13. The van der Waals surface area contributed by atoms with Gasteiger partial charge < -0.3 is 21.2 Å². The van der Waals surface area contributed by atoms with Crippen molar-refractivity contribution in [2.75, 3.05) is 11.5 Å². The van der Waals surface area contributed by atoms with E-state index < -0.39 is 11.7 Å². The summed E-state index contributed by atoms with van der Waals surface area (Å²) in [5.74, 6) is 0.280. The second-order valence-electron chi connectivity index (χ2n) is 12.5. The molecule has 5 N–H and O–H groups in total. The van der Waals surface area contributed by atoms with Crippen molar-refractivity contribution in [1.29, 1.82) is 0 Å². The van der Waals surface area contributed by atoms with Crippen molar-refractivity contribution in [1.82, 2.24) is 54.4 Å². The van der Waals surface area contributed by atoms with Crippen LogP contribution in [0.15, 0.2) is 111 Å². The van der Waals surface area contributed by atoms with E-state index in [1.807, 2.05) is 57.3 Å². The highest BCUT2D eigenvalue weighted by molar-refractivity contribution is 14.1. The fraction of sp³-hybridized carbons (Fsp3) is 0.105. The zero-order valence-electron chi connectivity index (χ0n) is 30.0. The summed E-state index contributed by atoms with van der Waals surface area (Å²) in [5, 5.41) is 3.06. The first kappa shape index (κ1) is 39.6. The molecule has 282 valence electrons. The lowest BCUT2D eigenvalue weighted by Gasteiger charge is -2.19. The number of H-pyrrole nitrogens is 1. The van der Waals surface area contributed by atoms with Gasteiger partial charge in [-0.15, -0.1) is 0 Å². The molecule has 9 aromatic rings.